The predicted molar refractivity (Wildman–Crippen MR) is 68.1 cm³/mol. The summed E-state index contributed by atoms with van der Waals surface area (Å²) in [4.78, 5) is 17.2. The fourth-order valence-electron chi connectivity index (χ4n) is 2.05. The molecule has 5 nitrogen and oxygen atoms in total. The molecule has 1 fully saturated rings. The predicted octanol–water partition coefficient (Wildman–Crippen LogP) is 1.03. The first-order chi connectivity index (χ1) is 8.06. The first kappa shape index (κ1) is 12.0. The van der Waals surface area contributed by atoms with Crippen LogP contribution in [0.2, 0.25) is 5.15 Å². The van der Waals surface area contributed by atoms with Crippen LogP contribution in [0.1, 0.15) is 13.3 Å². The number of rotatable bonds is 2. The second-order valence-corrected chi connectivity index (χ2v) is 4.57. The Morgan fingerprint density at radius 3 is 3.12 bits per heavy atom. The molecule has 1 aromatic heterocycles. The summed E-state index contributed by atoms with van der Waals surface area (Å²) in [5.41, 5.74) is 6.47. The van der Waals surface area contributed by atoms with Gasteiger partial charge in [0, 0.05) is 26.1 Å². The molecule has 6 heteroatoms. The van der Waals surface area contributed by atoms with Crippen LogP contribution in [0.15, 0.2) is 12.1 Å². The third-order valence-corrected chi connectivity index (χ3v) is 2.98. The molecule has 0 spiro atoms. The van der Waals surface area contributed by atoms with Crippen LogP contribution >= 0.6 is 11.6 Å². The summed E-state index contributed by atoms with van der Waals surface area (Å²) in [7, 11) is 0. The molecule has 1 aliphatic heterocycles. The van der Waals surface area contributed by atoms with Gasteiger partial charge in [-0.15, -0.1) is 0 Å². The largest absolute Gasteiger partial charge is 0.396 e. The van der Waals surface area contributed by atoms with Gasteiger partial charge in [-0.1, -0.05) is 11.6 Å². The minimum absolute atomic E-state index is 0.0103. The van der Waals surface area contributed by atoms with Crippen molar-refractivity contribution in [3.05, 3.63) is 17.3 Å². The minimum Gasteiger partial charge on any atom is -0.396 e. The topological polar surface area (TPSA) is 71.2 Å². The molecule has 1 aliphatic rings. The van der Waals surface area contributed by atoms with Crippen molar-refractivity contribution >= 4 is 29.0 Å². The van der Waals surface area contributed by atoms with Gasteiger partial charge in [-0.05, 0) is 18.6 Å². The van der Waals surface area contributed by atoms with Crippen LogP contribution < -0.4 is 16.0 Å². The zero-order valence-corrected chi connectivity index (χ0v) is 10.4. The number of carbonyl (C=O) groups is 1. The van der Waals surface area contributed by atoms with Gasteiger partial charge < -0.3 is 16.0 Å². The maximum absolute atomic E-state index is 11.0. The minimum atomic E-state index is -0.0103. The van der Waals surface area contributed by atoms with Crippen LogP contribution in [-0.4, -0.2) is 30.0 Å². The van der Waals surface area contributed by atoms with Crippen LogP contribution in [0.4, 0.5) is 11.5 Å². The molecule has 2 rings (SSSR count). The van der Waals surface area contributed by atoms with Crippen LogP contribution in [0.25, 0.3) is 0 Å². The number of nitrogen functional groups attached to an aromatic ring is 1. The Bertz CT molecular complexity index is 437. The highest BCUT2D eigenvalue weighted by molar-refractivity contribution is 6.29. The Morgan fingerprint density at radius 1 is 1.65 bits per heavy atom. The zero-order chi connectivity index (χ0) is 12.4. The van der Waals surface area contributed by atoms with Gasteiger partial charge in [0.1, 0.15) is 5.15 Å². The molecule has 0 bridgehead atoms. The highest BCUT2D eigenvalue weighted by Gasteiger charge is 2.25. The molecule has 0 radical (unpaired) electrons. The molecule has 1 amide bonds. The molecule has 3 N–H and O–H groups in total. The van der Waals surface area contributed by atoms with E-state index < -0.39 is 0 Å². The quantitative estimate of drug-likeness (QED) is 0.774. The molecule has 1 unspecified atom stereocenters. The van der Waals surface area contributed by atoms with E-state index in [-0.39, 0.29) is 11.9 Å². The summed E-state index contributed by atoms with van der Waals surface area (Å²) in [6.07, 6.45) is 0.896. The fourth-order valence-corrected chi connectivity index (χ4v) is 2.19. The number of hydrogen-bond donors (Lipinski definition) is 2. The maximum atomic E-state index is 11.0. The van der Waals surface area contributed by atoms with E-state index in [1.807, 2.05) is 4.90 Å². The van der Waals surface area contributed by atoms with Gasteiger partial charge in [0.05, 0.1) is 5.69 Å². The van der Waals surface area contributed by atoms with Gasteiger partial charge >= 0.3 is 0 Å². The van der Waals surface area contributed by atoms with Gasteiger partial charge in [0.2, 0.25) is 5.91 Å². The number of nitrogens with two attached hydrogens (primary N) is 1. The number of nitrogens with one attached hydrogen (secondary N) is 1. The third-order valence-electron chi connectivity index (χ3n) is 2.77. The van der Waals surface area contributed by atoms with Gasteiger partial charge in [0.25, 0.3) is 0 Å². The molecule has 0 aliphatic carbocycles. The van der Waals surface area contributed by atoms with Gasteiger partial charge in [-0.2, -0.15) is 0 Å². The first-order valence-electron chi connectivity index (χ1n) is 5.50. The number of nitrogens with zero attached hydrogens (tertiary/aromatic N) is 2. The van der Waals surface area contributed by atoms with E-state index in [2.05, 4.69) is 10.3 Å². The Morgan fingerprint density at radius 2 is 2.41 bits per heavy atom. The Kier molecular flexibility index (Phi) is 3.38. The Hall–Kier alpha value is -1.49. The molecule has 0 saturated carbocycles. The summed E-state index contributed by atoms with van der Waals surface area (Å²) in [5.74, 6) is 0.689. The Balaban J connectivity index is 2.09. The fraction of sp³-hybridized carbons (Fsp3) is 0.455. The lowest BCUT2D eigenvalue weighted by molar-refractivity contribution is -0.119. The summed E-state index contributed by atoms with van der Waals surface area (Å²) in [5, 5.41) is 3.32. The number of pyridine rings is 1. The average molecular weight is 255 g/mol. The molecule has 1 saturated heterocycles. The van der Waals surface area contributed by atoms with Crippen LogP contribution in [0.5, 0.6) is 0 Å². The third kappa shape index (κ3) is 2.79. The van der Waals surface area contributed by atoms with Gasteiger partial charge in [-0.3, -0.25) is 4.79 Å². The molecule has 1 aromatic rings. The molecule has 0 aromatic carbocycles. The summed E-state index contributed by atoms with van der Waals surface area (Å²) in [6, 6.07) is 3.57. The van der Waals surface area contributed by atoms with Crippen LogP contribution in [-0.2, 0) is 4.79 Å². The van der Waals surface area contributed by atoms with Crippen molar-refractivity contribution < 1.29 is 4.79 Å². The number of carbonyl (C=O) groups excluding carboxylic acids is 1. The lowest BCUT2D eigenvalue weighted by Gasteiger charge is -2.19. The van der Waals surface area contributed by atoms with E-state index in [9.17, 15) is 4.79 Å². The normalized spacial score (nSPS) is 19.4. The van der Waals surface area contributed by atoms with E-state index in [0.717, 1.165) is 19.5 Å². The zero-order valence-electron chi connectivity index (χ0n) is 9.61. The molecular formula is C11H15ClN4O. The second-order valence-electron chi connectivity index (χ2n) is 4.18. The van der Waals surface area contributed by atoms with Crippen molar-refractivity contribution in [3.8, 4) is 0 Å². The molecule has 17 heavy (non-hydrogen) atoms. The lowest BCUT2D eigenvalue weighted by Crippen LogP contribution is -2.35. The molecular weight excluding hydrogens is 240 g/mol. The molecule has 2 heterocycles. The van der Waals surface area contributed by atoms with Crippen molar-refractivity contribution in [1.29, 1.82) is 0 Å². The standard InChI is InChI=1S/C11H15ClN4O/c1-7(17)14-8-4-5-16(6-8)11-9(13)2-3-10(12)15-11/h2-3,8H,4-6,13H2,1H3,(H,14,17). The van der Waals surface area contributed by atoms with Crippen molar-refractivity contribution in [3.63, 3.8) is 0 Å². The summed E-state index contributed by atoms with van der Waals surface area (Å²) < 4.78 is 0. The highest BCUT2D eigenvalue weighted by Crippen LogP contribution is 2.26. The van der Waals surface area contributed by atoms with E-state index in [1.165, 1.54) is 6.92 Å². The lowest BCUT2D eigenvalue weighted by atomic mass is 10.2. The second kappa shape index (κ2) is 4.79. The van der Waals surface area contributed by atoms with E-state index in [4.69, 9.17) is 17.3 Å². The number of aromatic nitrogens is 1. The van der Waals surface area contributed by atoms with Crippen molar-refractivity contribution in [2.24, 2.45) is 0 Å². The number of hydrogen-bond acceptors (Lipinski definition) is 4. The Labute approximate surface area is 105 Å². The van der Waals surface area contributed by atoms with Crippen LogP contribution in [0, 0.1) is 0 Å². The highest BCUT2D eigenvalue weighted by atomic mass is 35.5. The van der Waals surface area contributed by atoms with Crippen LogP contribution in [0.3, 0.4) is 0 Å². The summed E-state index contributed by atoms with van der Waals surface area (Å²) in [6.45, 7) is 3.06. The first-order valence-corrected chi connectivity index (χ1v) is 5.88. The van der Waals surface area contributed by atoms with Crippen molar-refractivity contribution in [2.45, 2.75) is 19.4 Å². The molecule has 92 valence electrons. The van der Waals surface area contributed by atoms with Gasteiger partial charge in [0.15, 0.2) is 5.82 Å². The molecule has 1 atom stereocenters. The average Bonchev–Trinajstić information content (AvgIpc) is 2.69. The van der Waals surface area contributed by atoms with E-state index >= 15 is 0 Å². The monoisotopic (exact) mass is 254 g/mol. The summed E-state index contributed by atoms with van der Waals surface area (Å²) >= 11 is 5.85. The number of anilines is 2. The van der Waals surface area contributed by atoms with E-state index in [0.29, 0.717) is 16.7 Å². The van der Waals surface area contributed by atoms with Gasteiger partial charge in [-0.25, -0.2) is 4.98 Å². The maximum Gasteiger partial charge on any atom is 0.217 e. The smallest absolute Gasteiger partial charge is 0.217 e. The van der Waals surface area contributed by atoms with Crippen molar-refractivity contribution in [1.82, 2.24) is 10.3 Å². The van der Waals surface area contributed by atoms with Crippen molar-refractivity contribution in [2.75, 3.05) is 23.7 Å². The number of amides is 1. The SMILES string of the molecule is CC(=O)NC1CCN(c2nc(Cl)ccc2N)C1. The van der Waals surface area contributed by atoms with E-state index in [1.54, 1.807) is 12.1 Å². The number of halogens is 1.